The van der Waals surface area contributed by atoms with Crippen LogP contribution in [-0.2, 0) is 5.41 Å². The van der Waals surface area contributed by atoms with Gasteiger partial charge in [-0.1, -0.05) is 157 Å². The molecule has 1 aliphatic heterocycles. The molecule has 0 bridgehead atoms. The molecule has 11 rings (SSSR count). The average molecular weight is 686 g/mol. The molecule has 1 aliphatic carbocycles. The fraction of sp³-hybridized carbons (Fsp3) is 0.0217. The molecule has 2 aromatic heterocycles. The van der Waals surface area contributed by atoms with Crippen LogP contribution >= 0.6 is 23.1 Å². The standard InChI is InChI=1S/C46H27N3S2/c1-3-14-28(15-4-1)43-47-44(29-16-5-2-6-17-29)49-45(48-43)32-20-13-25-38-40(32)41-39(50-38)27-26-36-42(41)51-37-24-12-11-23-35(37)46(36)33-21-9-7-18-30(33)31-19-8-10-22-34(31)46/h1-27H. The summed E-state index contributed by atoms with van der Waals surface area (Å²) in [7, 11) is 0. The third-order valence-corrected chi connectivity index (χ3v) is 12.7. The molecule has 2 aliphatic rings. The van der Waals surface area contributed by atoms with Crippen molar-refractivity contribution >= 4 is 43.3 Å². The first-order valence-corrected chi connectivity index (χ1v) is 18.7. The second kappa shape index (κ2) is 11.1. The summed E-state index contributed by atoms with van der Waals surface area (Å²) < 4.78 is 2.48. The summed E-state index contributed by atoms with van der Waals surface area (Å²) in [6, 6.07) is 58.8. The first-order valence-electron chi connectivity index (χ1n) is 17.1. The smallest absolute Gasteiger partial charge is 0.164 e. The summed E-state index contributed by atoms with van der Waals surface area (Å²) >= 11 is 3.74. The van der Waals surface area contributed by atoms with Gasteiger partial charge < -0.3 is 0 Å². The summed E-state index contributed by atoms with van der Waals surface area (Å²) in [6.07, 6.45) is 0. The van der Waals surface area contributed by atoms with Gasteiger partial charge in [0.2, 0.25) is 0 Å². The third kappa shape index (κ3) is 4.10. The van der Waals surface area contributed by atoms with Gasteiger partial charge in [0.25, 0.3) is 0 Å². The van der Waals surface area contributed by atoms with Gasteiger partial charge in [0.05, 0.1) is 5.41 Å². The number of thiophene rings is 1. The van der Waals surface area contributed by atoms with Crippen molar-refractivity contribution in [1.82, 2.24) is 15.0 Å². The second-order valence-corrected chi connectivity index (χ2v) is 15.2. The summed E-state index contributed by atoms with van der Waals surface area (Å²) in [5.41, 5.74) is 10.5. The van der Waals surface area contributed by atoms with Crippen molar-refractivity contribution in [2.24, 2.45) is 0 Å². The number of benzene rings is 7. The molecule has 3 heterocycles. The first-order chi connectivity index (χ1) is 25.3. The predicted octanol–water partition coefficient (Wildman–Crippen LogP) is 12.1. The summed E-state index contributed by atoms with van der Waals surface area (Å²) in [5.74, 6) is 2.01. The molecule has 238 valence electrons. The van der Waals surface area contributed by atoms with Crippen molar-refractivity contribution in [3.05, 3.63) is 186 Å². The lowest BCUT2D eigenvalue weighted by molar-refractivity contribution is 0.726. The molecule has 0 saturated heterocycles. The monoisotopic (exact) mass is 685 g/mol. The summed E-state index contributed by atoms with van der Waals surface area (Å²) in [4.78, 5) is 18.0. The van der Waals surface area contributed by atoms with Gasteiger partial charge in [0.1, 0.15) is 0 Å². The highest BCUT2D eigenvalue weighted by Gasteiger charge is 2.50. The van der Waals surface area contributed by atoms with E-state index in [0.717, 1.165) is 16.7 Å². The lowest BCUT2D eigenvalue weighted by Crippen LogP contribution is -2.31. The Balaban J connectivity index is 1.24. The van der Waals surface area contributed by atoms with Gasteiger partial charge in [0, 0.05) is 46.7 Å². The first kappa shape index (κ1) is 28.9. The van der Waals surface area contributed by atoms with E-state index in [2.05, 4.69) is 127 Å². The molecular formula is C46H27N3S2. The SMILES string of the molecule is c1ccc(-c2nc(-c3ccccc3)nc(-c3cccc4sc5ccc6c(c5c34)Sc3ccccc3C63c4ccccc4-c4ccccc43)n2)cc1. The van der Waals surface area contributed by atoms with Crippen molar-refractivity contribution in [1.29, 1.82) is 0 Å². The Morgan fingerprint density at radius 3 is 1.57 bits per heavy atom. The number of fused-ring (bicyclic) bond motifs is 13. The van der Waals surface area contributed by atoms with Gasteiger partial charge >= 0.3 is 0 Å². The zero-order chi connectivity index (χ0) is 33.5. The molecule has 1 spiro atoms. The molecule has 0 N–H and O–H groups in total. The maximum atomic E-state index is 5.19. The highest BCUT2D eigenvalue weighted by molar-refractivity contribution is 7.99. The third-order valence-electron chi connectivity index (χ3n) is 10.4. The molecule has 9 aromatic rings. The Bertz CT molecular complexity index is 2740. The van der Waals surface area contributed by atoms with Gasteiger partial charge in [-0.05, 0) is 51.6 Å². The minimum atomic E-state index is -0.435. The van der Waals surface area contributed by atoms with Gasteiger partial charge in [0.15, 0.2) is 17.5 Å². The maximum absolute atomic E-state index is 5.19. The highest BCUT2D eigenvalue weighted by atomic mass is 32.2. The van der Waals surface area contributed by atoms with E-state index in [1.54, 1.807) is 0 Å². The Labute approximate surface area is 303 Å². The molecule has 0 atom stereocenters. The van der Waals surface area contributed by atoms with Gasteiger partial charge in [-0.2, -0.15) is 0 Å². The number of nitrogens with zero attached hydrogens (tertiary/aromatic N) is 3. The van der Waals surface area contributed by atoms with Crippen LogP contribution in [0.15, 0.2) is 174 Å². The molecule has 3 nitrogen and oxygen atoms in total. The van der Waals surface area contributed by atoms with Crippen LogP contribution in [-0.4, -0.2) is 15.0 Å². The van der Waals surface area contributed by atoms with Crippen molar-refractivity contribution in [3.8, 4) is 45.3 Å². The molecule has 51 heavy (non-hydrogen) atoms. The quantitative estimate of drug-likeness (QED) is 0.186. The molecular weight excluding hydrogens is 659 g/mol. The minimum Gasteiger partial charge on any atom is -0.208 e. The second-order valence-electron chi connectivity index (χ2n) is 13.1. The predicted molar refractivity (Wildman–Crippen MR) is 210 cm³/mol. The van der Waals surface area contributed by atoms with E-state index in [9.17, 15) is 0 Å². The van der Waals surface area contributed by atoms with Crippen LogP contribution in [0.25, 0.3) is 65.5 Å². The van der Waals surface area contributed by atoms with Gasteiger partial charge in [-0.3, -0.25) is 0 Å². The number of aromatic nitrogens is 3. The molecule has 5 heteroatoms. The number of rotatable bonds is 3. The average Bonchev–Trinajstić information content (AvgIpc) is 3.73. The van der Waals surface area contributed by atoms with Crippen LogP contribution in [0.4, 0.5) is 0 Å². The Morgan fingerprint density at radius 1 is 0.373 bits per heavy atom. The number of hydrogen-bond donors (Lipinski definition) is 0. The minimum absolute atomic E-state index is 0.435. The van der Waals surface area contributed by atoms with E-state index >= 15 is 0 Å². The lowest BCUT2D eigenvalue weighted by atomic mass is 9.67. The van der Waals surface area contributed by atoms with Crippen molar-refractivity contribution in [2.45, 2.75) is 15.2 Å². The van der Waals surface area contributed by atoms with Crippen LogP contribution in [0.5, 0.6) is 0 Å². The van der Waals surface area contributed by atoms with Crippen LogP contribution in [0.2, 0.25) is 0 Å². The van der Waals surface area contributed by atoms with Crippen LogP contribution in [0, 0.1) is 0 Å². The normalized spacial score (nSPS) is 13.6. The van der Waals surface area contributed by atoms with E-state index in [0.29, 0.717) is 17.5 Å². The van der Waals surface area contributed by atoms with Gasteiger partial charge in [-0.15, -0.1) is 11.3 Å². The zero-order valence-corrected chi connectivity index (χ0v) is 28.9. The zero-order valence-electron chi connectivity index (χ0n) is 27.2. The van der Waals surface area contributed by atoms with E-state index in [4.69, 9.17) is 15.0 Å². The van der Waals surface area contributed by atoms with Crippen molar-refractivity contribution in [2.75, 3.05) is 0 Å². The number of hydrogen-bond acceptors (Lipinski definition) is 5. The van der Waals surface area contributed by atoms with Crippen LogP contribution < -0.4 is 0 Å². The van der Waals surface area contributed by atoms with Crippen molar-refractivity contribution in [3.63, 3.8) is 0 Å². The topological polar surface area (TPSA) is 38.7 Å². The molecule has 0 saturated carbocycles. The van der Waals surface area contributed by atoms with Gasteiger partial charge in [-0.25, -0.2) is 15.0 Å². The Morgan fingerprint density at radius 2 is 0.902 bits per heavy atom. The Kier molecular flexibility index (Phi) is 6.27. The largest absolute Gasteiger partial charge is 0.208 e. The molecule has 0 radical (unpaired) electrons. The molecule has 7 aromatic carbocycles. The van der Waals surface area contributed by atoms with E-state index in [1.807, 2.05) is 59.5 Å². The maximum Gasteiger partial charge on any atom is 0.164 e. The molecule has 0 amide bonds. The fourth-order valence-corrected chi connectivity index (χ4v) is 10.9. The van der Waals surface area contributed by atoms with E-state index in [1.165, 1.54) is 63.3 Å². The lowest BCUT2D eigenvalue weighted by Gasteiger charge is -2.40. The Hall–Kier alpha value is -5.88. The van der Waals surface area contributed by atoms with Crippen LogP contribution in [0.1, 0.15) is 22.3 Å². The van der Waals surface area contributed by atoms with Crippen molar-refractivity contribution < 1.29 is 0 Å². The fourth-order valence-electron chi connectivity index (χ4n) is 8.33. The highest BCUT2D eigenvalue weighted by Crippen LogP contribution is 2.63. The molecule has 0 fully saturated rings. The summed E-state index contributed by atoms with van der Waals surface area (Å²) in [6.45, 7) is 0. The van der Waals surface area contributed by atoms with Crippen LogP contribution in [0.3, 0.4) is 0 Å². The van der Waals surface area contributed by atoms with E-state index < -0.39 is 5.41 Å². The van der Waals surface area contributed by atoms with E-state index in [-0.39, 0.29) is 0 Å². The molecule has 0 unspecified atom stereocenters. The summed E-state index contributed by atoms with van der Waals surface area (Å²) in [5, 5.41) is 2.46.